The molecule has 1 aromatic carbocycles. The largest absolute Gasteiger partial charge is 0.468 e. The van der Waals surface area contributed by atoms with Gasteiger partial charge in [0.25, 0.3) is 0 Å². The summed E-state index contributed by atoms with van der Waals surface area (Å²) in [6.07, 6.45) is 0. The smallest absolute Gasteiger partial charge is 0.331 e. The molecule has 0 saturated heterocycles. The van der Waals surface area contributed by atoms with E-state index >= 15 is 0 Å². The Balaban J connectivity index is 2.55. The first-order valence-corrected chi connectivity index (χ1v) is 6.34. The van der Waals surface area contributed by atoms with Crippen molar-refractivity contribution in [3.05, 3.63) is 45.0 Å². The Morgan fingerprint density at radius 3 is 2.29 bits per heavy atom. The van der Waals surface area contributed by atoms with Gasteiger partial charge in [0.2, 0.25) is 11.5 Å². The van der Waals surface area contributed by atoms with Crippen LogP contribution in [0.4, 0.5) is 0 Å². The third-order valence-corrected chi connectivity index (χ3v) is 3.88. The predicted molar refractivity (Wildman–Crippen MR) is 71.4 cm³/mol. The Bertz CT molecular complexity index is 600. The van der Waals surface area contributed by atoms with Crippen LogP contribution in [-0.2, 0) is 19.1 Å². The number of nitrogens with zero attached hydrogens (tertiary/aromatic N) is 1. The standard InChI is InChI=1S/C13H12ClNO6/c1-20-11(16)13(12(17)21-2)9(10(13)15(18)19)7-4-3-5-8(14)6-7/h3-6,9-10H,1-2H3/t9-,10-/m0/s1. The van der Waals surface area contributed by atoms with Gasteiger partial charge in [-0.15, -0.1) is 0 Å². The molecule has 1 aliphatic rings. The van der Waals surface area contributed by atoms with E-state index in [4.69, 9.17) is 11.6 Å². The van der Waals surface area contributed by atoms with E-state index in [1.54, 1.807) is 18.2 Å². The fourth-order valence-electron chi connectivity index (χ4n) is 2.72. The molecule has 1 aliphatic carbocycles. The molecule has 0 amide bonds. The highest BCUT2D eigenvalue weighted by atomic mass is 35.5. The predicted octanol–water partition coefficient (Wildman–Crippen LogP) is 1.41. The van der Waals surface area contributed by atoms with E-state index in [-0.39, 0.29) is 0 Å². The zero-order chi connectivity index (χ0) is 15.8. The van der Waals surface area contributed by atoms with Crippen LogP contribution >= 0.6 is 11.6 Å². The lowest BCUT2D eigenvalue weighted by molar-refractivity contribution is -0.501. The molecule has 0 spiro atoms. The van der Waals surface area contributed by atoms with Gasteiger partial charge in [-0.2, -0.15) is 0 Å². The summed E-state index contributed by atoms with van der Waals surface area (Å²) in [5.74, 6) is -2.94. The van der Waals surface area contributed by atoms with Crippen molar-refractivity contribution in [2.45, 2.75) is 12.0 Å². The molecule has 7 nitrogen and oxygen atoms in total. The highest BCUT2D eigenvalue weighted by Gasteiger charge is 2.85. The van der Waals surface area contributed by atoms with E-state index in [1.807, 2.05) is 0 Å². The molecule has 0 bridgehead atoms. The van der Waals surface area contributed by atoms with Crippen LogP contribution in [0.5, 0.6) is 0 Å². The van der Waals surface area contributed by atoms with Gasteiger partial charge in [-0.3, -0.25) is 19.7 Å². The maximum absolute atomic E-state index is 12.0. The summed E-state index contributed by atoms with van der Waals surface area (Å²) in [7, 11) is 2.13. The van der Waals surface area contributed by atoms with Crippen molar-refractivity contribution >= 4 is 23.5 Å². The molecule has 0 heterocycles. The molecule has 0 aromatic heterocycles. The number of carbonyl (C=O) groups excluding carboxylic acids is 2. The van der Waals surface area contributed by atoms with Gasteiger partial charge < -0.3 is 9.47 Å². The molecule has 0 radical (unpaired) electrons. The van der Waals surface area contributed by atoms with Crippen molar-refractivity contribution in [1.29, 1.82) is 0 Å². The van der Waals surface area contributed by atoms with Crippen LogP contribution in [0.3, 0.4) is 0 Å². The van der Waals surface area contributed by atoms with Gasteiger partial charge in [-0.25, -0.2) is 0 Å². The molecule has 0 N–H and O–H groups in total. The molecule has 2 rings (SSSR count). The average Bonchev–Trinajstić information content (AvgIpc) is 3.17. The lowest BCUT2D eigenvalue weighted by Gasteiger charge is -2.10. The number of hydrogen-bond donors (Lipinski definition) is 0. The van der Waals surface area contributed by atoms with E-state index in [0.29, 0.717) is 10.6 Å². The summed E-state index contributed by atoms with van der Waals surface area (Å²) in [6, 6.07) is 4.80. The minimum atomic E-state index is -1.96. The number of halogens is 1. The van der Waals surface area contributed by atoms with Crippen LogP contribution in [0.25, 0.3) is 0 Å². The van der Waals surface area contributed by atoms with Gasteiger partial charge >= 0.3 is 11.9 Å². The number of hydrogen-bond acceptors (Lipinski definition) is 6. The van der Waals surface area contributed by atoms with E-state index in [0.717, 1.165) is 14.2 Å². The summed E-state index contributed by atoms with van der Waals surface area (Å²) < 4.78 is 9.17. The molecule has 21 heavy (non-hydrogen) atoms. The number of methoxy groups -OCH3 is 2. The van der Waals surface area contributed by atoms with Crippen molar-refractivity contribution in [2.24, 2.45) is 5.41 Å². The summed E-state index contributed by atoms with van der Waals surface area (Å²) in [4.78, 5) is 34.6. The highest BCUT2D eigenvalue weighted by Crippen LogP contribution is 2.62. The van der Waals surface area contributed by atoms with Crippen molar-refractivity contribution in [2.75, 3.05) is 14.2 Å². The van der Waals surface area contributed by atoms with Crippen LogP contribution < -0.4 is 0 Å². The molecular weight excluding hydrogens is 302 g/mol. The third-order valence-electron chi connectivity index (χ3n) is 3.64. The minimum absolute atomic E-state index is 0.352. The van der Waals surface area contributed by atoms with Crippen LogP contribution in [0.15, 0.2) is 24.3 Å². The van der Waals surface area contributed by atoms with Crippen LogP contribution in [0.2, 0.25) is 5.02 Å². The Hall–Kier alpha value is -2.15. The fraction of sp³-hybridized carbons (Fsp3) is 0.385. The maximum Gasteiger partial charge on any atom is 0.331 e. The molecule has 1 saturated carbocycles. The molecule has 112 valence electrons. The SMILES string of the molecule is COC(=O)C1(C(=O)OC)[C@@H]([N+](=O)[O-])[C@@H]1c1cccc(Cl)c1. The minimum Gasteiger partial charge on any atom is -0.468 e. The molecule has 2 atom stereocenters. The lowest BCUT2D eigenvalue weighted by Crippen LogP contribution is -2.34. The molecule has 8 heteroatoms. The second-order valence-corrected chi connectivity index (χ2v) is 5.05. The number of rotatable bonds is 4. The van der Waals surface area contributed by atoms with Crippen molar-refractivity contribution in [3.63, 3.8) is 0 Å². The Morgan fingerprint density at radius 2 is 1.86 bits per heavy atom. The van der Waals surface area contributed by atoms with Crippen LogP contribution in [0.1, 0.15) is 11.5 Å². The fourth-order valence-corrected chi connectivity index (χ4v) is 2.92. The summed E-state index contributed by atoms with van der Waals surface area (Å²) >= 11 is 5.86. The zero-order valence-electron chi connectivity index (χ0n) is 11.2. The van der Waals surface area contributed by atoms with Crippen molar-refractivity contribution in [1.82, 2.24) is 0 Å². The number of esters is 2. The van der Waals surface area contributed by atoms with Gasteiger partial charge in [0.1, 0.15) is 0 Å². The number of ether oxygens (including phenoxy) is 2. The van der Waals surface area contributed by atoms with E-state index in [2.05, 4.69) is 9.47 Å². The first kappa shape index (κ1) is 15.2. The Morgan fingerprint density at radius 1 is 1.29 bits per heavy atom. The van der Waals surface area contributed by atoms with Crippen molar-refractivity contribution < 1.29 is 24.0 Å². The topological polar surface area (TPSA) is 95.7 Å². The molecule has 1 aromatic rings. The van der Waals surface area contributed by atoms with Gasteiger partial charge in [0.15, 0.2) is 0 Å². The average molecular weight is 314 g/mol. The van der Waals surface area contributed by atoms with Gasteiger partial charge in [-0.05, 0) is 17.7 Å². The van der Waals surface area contributed by atoms with E-state index in [9.17, 15) is 19.7 Å². The molecule has 0 aliphatic heterocycles. The summed E-state index contributed by atoms with van der Waals surface area (Å²) in [6.45, 7) is 0. The van der Waals surface area contributed by atoms with Gasteiger partial charge in [0.05, 0.1) is 20.1 Å². The van der Waals surface area contributed by atoms with Crippen LogP contribution in [0, 0.1) is 15.5 Å². The van der Waals surface area contributed by atoms with Gasteiger partial charge in [-0.1, -0.05) is 23.7 Å². The van der Waals surface area contributed by atoms with Gasteiger partial charge in [0, 0.05) is 9.95 Å². The second-order valence-electron chi connectivity index (χ2n) is 4.62. The first-order valence-electron chi connectivity index (χ1n) is 5.97. The van der Waals surface area contributed by atoms with E-state index < -0.39 is 34.2 Å². The number of nitro groups is 1. The Labute approximate surface area is 124 Å². The third kappa shape index (κ3) is 2.13. The summed E-state index contributed by atoms with van der Waals surface area (Å²) in [5, 5.41) is 11.6. The zero-order valence-corrected chi connectivity index (χ0v) is 12.0. The summed E-state index contributed by atoms with van der Waals surface area (Å²) in [5.41, 5.74) is -1.54. The Kier molecular flexibility index (Phi) is 3.87. The highest BCUT2D eigenvalue weighted by molar-refractivity contribution is 6.30. The molecular formula is C13H12ClNO6. The van der Waals surface area contributed by atoms with E-state index in [1.165, 1.54) is 6.07 Å². The maximum atomic E-state index is 12.0. The van der Waals surface area contributed by atoms with Crippen LogP contribution in [-0.4, -0.2) is 37.1 Å². The monoisotopic (exact) mass is 313 g/mol. The molecule has 1 fully saturated rings. The number of carbonyl (C=O) groups is 2. The van der Waals surface area contributed by atoms with Crippen molar-refractivity contribution in [3.8, 4) is 0 Å². The first-order chi connectivity index (χ1) is 9.91. The lowest BCUT2D eigenvalue weighted by atomic mass is 9.99. The normalized spacial score (nSPS) is 22.2. The molecule has 0 unspecified atom stereocenters. The quantitative estimate of drug-likeness (QED) is 0.361. The number of benzene rings is 1. The second kappa shape index (κ2) is 5.33.